The third kappa shape index (κ3) is 4.80. The predicted molar refractivity (Wildman–Crippen MR) is 150 cm³/mol. The molecule has 0 radical (unpaired) electrons. The van der Waals surface area contributed by atoms with E-state index in [1.54, 1.807) is 23.1 Å². The van der Waals surface area contributed by atoms with Crippen molar-refractivity contribution in [2.24, 2.45) is 11.1 Å². The summed E-state index contributed by atoms with van der Waals surface area (Å²) in [4.78, 5) is 26.2. The van der Waals surface area contributed by atoms with E-state index < -0.39 is 10.8 Å². The van der Waals surface area contributed by atoms with E-state index in [9.17, 15) is 20.2 Å². The lowest BCUT2D eigenvalue weighted by molar-refractivity contribution is -0.385. The second kappa shape index (κ2) is 10.2. The Morgan fingerprint density at radius 3 is 2.60 bits per heavy atom. The third-order valence-electron chi connectivity index (χ3n) is 7.27. The number of nitrogens with two attached hydrogens (primary N) is 1. The number of nitro groups is 1. The van der Waals surface area contributed by atoms with Crippen LogP contribution in [0.3, 0.4) is 0 Å². The number of carbonyl (C=O) groups is 1. The highest BCUT2D eigenvalue weighted by atomic mass is 35.5. The molecule has 0 saturated heterocycles. The van der Waals surface area contributed by atoms with Gasteiger partial charge >= 0.3 is 5.69 Å². The summed E-state index contributed by atoms with van der Waals surface area (Å²) >= 11 is 6.14. The van der Waals surface area contributed by atoms with Crippen LogP contribution in [0.1, 0.15) is 43.7 Å². The second-order valence-electron chi connectivity index (χ2n) is 10.7. The Balaban J connectivity index is 1.67. The Labute approximate surface area is 236 Å². The van der Waals surface area contributed by atoms with E-state index in [4.69, 9.17) is 22.1 Å². The molecule has 40 heavy (non-hydrogen) atoms. The van der Waals surface area contributed by atoms with Crippen molar-refractivity contribution in [3.05, 3.63) is 104 Å². The number of carbonyl (C=O) groups excluding carboxylic acids is 1. The molecule has 11 heteroatoms. The number of benzene rings is 2. The Morgan fingerprint density at radius 2 is 1.98 bits per heavy atom. The Morgan fingerprint density at radius 1 is 1.25 bits per heavy atom. The standard InChI is InChI=1S/C29H27ClN6O4/c1-29(2)11-23-27(24(37)12-29)26(22(13-31)28(32)35(23)20-7-5-19(30)6-8-20)17-4-9-25(40-3)18(10-17)15-34-16-21(14-33-34)36(38)39/h4-10,14,16,26H,11-12,15,32H2,1-3H3/t26-/m1/s1. The van der Waals surface area contributed by atoms with E-state index in [0.29, 0.717) is 46.0 Å². The summed E-state index contributed by atoms with van der Waals surface area (Å²) in [5.74, 6) is 0.0553. The molecule has 2 aliphatic rings. The highest BCUT2D eigenvalue weighted by Crippen LogP contribution is 2.50. The van der Waals surface area contributed by atoms with Crippen LogP contribution in [0.4, 0.5) is 11.4 Å². The molecule has 2 N–H and O–H groups in total. The van der Waals surface area contributed by atoms with E-state index >= 15 is 0 Å². The van der Waals surface area contributed by atoms with Gasteiger partial charge in [0.1, 0.15) is 24.0 Å². The number of hydrogen-bond donors (Lipinski definition) is 1. The van der Waals surface area contributed by atoms with Gasteiger partial charge in [-0.05, 0) is 53.8 Å². The van der Waals surface area contributed by atoms with E-state index in [1.165, 1.54) is 24.2 Å². The molecule has 5 rings (SSSR count). The second-order valence-corrected chi connectivity index (χ2v) is 11.1. The van der Waals surface area contributed by atoms with Gasteiger partial charge in [0.25, 0.3) is 0 Å². The third-order valence-corrected chi connectivity index (χ3v) is 7.52. The molecule has 0 amide bonds. The average Bonchev–Trinajstić information content (AvgIpc) is 3.37. The molecule has 1 aromatic heterocycles. The summed E-state index contributed by atoms with van der Waals surface area (Å²) in [6, 6.07) is 14.8. The number of Topliss-reactive ketones (excluding diaryl/α,β-unsaturated/α-hetero) is 1. The van der Waals surface area contributed by atoms with Crippen LogP contribution in [0.25, 0.3) is 0 Å². The van der Waals surface area contributed by atoms with Crippen molar-refractivity contribution in [1.82, 2.24) is 9.78 Å². The van der Waals surface area contributed by atoms with Crippen molar-refractivity contribution < 1.29 is 14.5 Å². The Hall–Kier alpha value is -4.62. The minimum absolute atomic E-state index is 0.0458. The summed E-state index contributed by atoms with van der Waals surface area (Å²) in [6.45, 7) is 4.26. The maximum Gasteiger partial charge on any atom is 0.307 e. The molecule has 0 saturated carbocycles. The number of rotatable bonds is 6. The van der Waals surface area contributed by atoms with Crippen molar-refractivity contribution in [2.45, 2.75) is 39.2 Å². The fourth-order valence-corrected chi connectivity index (χ4v) is 5.66. The molecular formula is C29H27ClN6O4. The van der Waals surface area contributed by atoms with E-state index in [-0.39, 0.29) is 34.8 Å². The molecular weight excluding hydrogens is 532 g/mol. The van der Waals surface area contributed by atoms with Crippen molar-refractivity contribution in [3.63, 3.8) is 0 Å². The first-order valence-corrected chi connectivity index (χ1v) is 13.0. The van der Waals surface area contributed by atoms with Crippen LogP contribution < -0.4 is 15.4 Å². The number of aromatic nitrogens is 2. The van der Waals surface area contributed by atoms with Gasteiger partial charge in [0, 0.05) is 34.0 Å². The zero-order chi connectivity index (χ0) is 28.8. The zero-order valence-electron chi connectivity index (χ0n) is 22.2. The van der Waals surface area contributed by atoms with Crippen LogP contribution in [-0.2, 0) is 11.3 Å². The molecule has 1 aliphatic carbocycles. The van der Waals surface area contributed by atoms with Crippen LogP contribution in [0.5, 0.6) is 5.75 Å². The predicted octanol–water partition coefficient (Wildman–Crippen LogP) is 5.44. The molecule has 204 valence electrons. The average molecular weight is 559 g/mol. The Kier molecular flexibility index (Phi) is 6.85. The van der Waals surface area contributed by atoms with Gasteiger partial charge in [-0.15, -0.1) is 0 Å². The first kappa shape index (κ1) is 27.0. The highest BCUT2D eigenvalue weighted by molar-refractivity contribution is 6.30. The largest absolute Gasteiger partial charge is 0.496 e. The number of nitrogens with zero attached hydrogens (tertiary/aromatic N) is 5. The zero-order valence-corrected chi connectivity index (χ0v) is 23.0. The van der Waals surface area contributed by atoms with Crippen LogP contribution in [0, 0.1) is 26.9 Å². The fourth-order valence-electron chi connectivity index (χ4n) is 5.54. The van der Waals surface area contributed by atoms with Gasteiger partial charge in [-0.2, -0.15) is 10.4 Å². The van der Waals surface area contributed by atoms with Gasteiger partial charge in [0.15, 0.2) is 5.78 Å². The highest BCUT2D eigenvalue weighted by Gasteiger charge is 2.44. The molecule has 10 nitrogen and oxygen atoms in total. The number of allylic oxidation sites excluding steroid dienone is 3. The minimum Gasteiger partial charge on any atom is -0.496 e. The van der Waals surface area contributed by atoms with Gasteiger partial charge in [-0.3, -0.25) is 24.5 Å². The van der Waals surface area contributed by atoms with E-state index in [2.05, 4.69) is 11.2 Å². The first-order chi connectivity index (χ1) is 19.0. The van der Waals surface area contributed by atoms with Crippen molar-refractivity contribution in [3.8, 4) is 11.8 Å². The number of anilines is 1. The van der Waals surface area contributed by atoms with Crippen molar-refractivity contribution >= 4 is 28.8 Å². The summed E-state index contributed by atoms with van der Waals surface area (Å²) in [5.41, 5.74) is 9.91. The summed E-state index contributed by atoms with van der Waals surface area (Å²) in [7, 11) is 1.53. The summed E-state index contributed by atoms with van der Waals surface area (Å²) in [6.07, 6.45) is 3.42. The van der Waals surface area contributed by atoms with Crippen molar-refractivity contribution in [2.75, 3.05) is 12.0 Å². The minimum atomic E-state index is -0.691. The molecule has 3 aromatic rings. The number of ether oxygens (including phenoxy) is 1. The van der Waals surface area contributed by atoms with Gasteiger partial charge in [0.05, 0.1) is 36.1 Å². The summed E-state index contributed by atoms with van der Waals surface area (Å²) in [5, 5.41) is 26.2. The molecule has 1 aliphatic heterocycles. The van der Waals surface area contributed by atoms with Gasteiger partial charge < -0.3 is 10.5 Å². The first-order valence-electron chi connectivity index (χ1n) is 12.6. The number of ketones is 1. The number of nitriles is 1. The monoisotopic (exact) mass is 558 g/mol. The number of hydrogen-bond acceptors (Lipinski definition) is 8. The normalized spacial score (nSPS) is 18.4. The number of methoxy groups -OCH3 is 1. The van der Waals surface area contributed by atoms with Crippen LogP contribution in [-0.4, -0.2) is 27.6 Å². The van der Waals surface area contributed by atoms with Gasteiger partial charge in [-0.1, -0.05) is 31.5 Å². The maximum atomic E-state index is 13.8. The lowest BCUT2D eigenvalue weighted by atomic mass is 9.68. The fraction of sp³-hybridized carbons (Fsp3) is 0.276. The summed E-state index contributed by atoms with van der Waals surface area (Å²) < 4.78 is 7.00. The van der Waals surface area contributed by atoms with Gasteiger partial charge in [0.2, 0.25) is 0 Å². The molecule has 1 atom stereocenters. The lowest BCUT2D eigenvalue weighted by Gasteiger charge is -2.43. The molecule has 0 bridgehead atoms. The molecule has 2 aromatic carbocycles. The van der Waals surface area contributed by atoms with Crippen molar-refractivity contribution in [1.29, 1.82) is 5.26 Å². The SMILES string of the molecule is COc1ccc([C@@H]2C(C#N)=C(N)N(c3ccc(Cl)cc3)C3=C2C(=O)CC(C)(C)C3)cc1Cn1cc([N+](=O)[O-])cn1. The lowest BCUT2D eigenvalue weighted by Crippen LogP contribution is -2.42. The quantitative estimate of drug-likeness (QED) is 0.311. The Bertz CT molecular complexity index is 1630. The molecule has 2 heterocycles. The molecule has 0 spiro atoms. The van der Waals surface area contributed by atoms with E-state index in [0.717, 1.165) is 5.70 Å². The smallest absolute Gasteiger partial charge is 0.307 e. The van der Waals surface area contributed by atoms with Gasteiger partial charge in [-0.25, -0.2) is 0 Å². The van der Waals surface area contributed by atoms with E-state index in [1.807, 2.05) is 38.1 Å². The molecule has 0 unspecified atom stereocenters. The van der Waals surface area contributed by atoms with Crippen LogP contribution in [0.15, 0.2) is 77.5 Å². The topological polar surface area (TPSA) is 140 Å². The molecule has 0 fully saturated rings. The van der Waals surface area contributed by atoms with Crippen LogP contribution in [0.2, 0.25) is 5.02 Å². The van der Waals surface area contributed by atoms with Crippen LogP contribution >= 0.6 is 11.6 Å². The maximum absolute atomic E-state index is 13.8. The number of halogens is 1.